The number of aliphatic imine (C=N–C) groups is 2. The molecule has 90 valence electrons. The second kappa shape index (κ2) is 6.63. The maximum Gasteiger partial charge on any atom is 0.141 e. The van der Waals surface area contributed by atoms with E-state index >= 15 is 0 Å². The largest absolute Gasteiger partial charge is 0.506 e. The molecular formula is C14H18N2O. The van der Waals surface area contributed by atoms with Gasteiger partial charge in [-0.3, -0.25) is 9.98 Å². The van der Waals surface area contributed by atoms with Crippen LogP contribution in [0.3, 0.4) is 0 Å². The molecule has 0 fully saturated rings. The Morgan fingerprint density at radius 2 is 2.18 bits per heavy atom. The first kappa shape index (κ1) is 13.2. The number of allylic oxidation sites excluding steroid dienone is 2. The first-order valence-corrected chi connectivity index (χ1v) is 5.64. The molecule has 17 heavy (non-hydrogen) atoms. The van der Waals surface area contributed by atoms with Crippen molar-refractivity contribution in [1.82, 2.24) is 0 Å². The van der Waals surface area contributed by atoms with Crippen LogP contribution >= 0.6 is 0 Å². The average molecular weight is 230 g/mol. The fourth-order valence-electron chi connectivity index (χ4n) is 1.29. The molecule has 0 spiro atoms. The highest BCUT2D eigenvalue weighted by Gasteiger charge is 1.98. The molecule has 1 aromatic rings. The molecule has 1 rings (SSSR count). The predicted molar refractivity (Wildman–Crippen MR) is 73.8 cm³/mol. The minimum atomic E-state index is 0.182. The average Bonchev–Trinajstić information content (AvgIpc) is 2.33. The zero-order chi connectivity index (χ0) is 12.7. The molecule has 3 nitrogen and oxygen atoms in total. The van der Waals surface area contributed by atoms with E-state index in [1.54, 1.807) is 19.3 Å². The van der Waals surface area contributed by atoms with Gasteiger partial charge in [0.25, 0.3) is 0 Å². The Kier molecular flexibility index (Phi) is 5.14. The summed E-state index contributed by atoms with van der Waals surface area (Å²) in [5, 5.41) is 9.62. The van der Waals surface area contributed by atoms with Gasteiger partial charge >= 0.3 is 0 Å². The second-order valence-corrected chi connectivity index (χ2v) is 3.71. The molecule has 0 aromatic heterocycles. The van der Waals surface area contributed by atoms with Gasteiger partial charge in [-0.25, -0.2) is 0 Å². The highest BCUT2D eigenvalue weighted by atomic mass is 16.3. The summed E-state index contributed by atoms with van der Waals surface area (Å²) < 4.78 is 0. The molecule has 1 aromatic carbocycles. The van der Waals surface area contributed by atoms with Gasteiger partial charge in [0, 0.05) is 7.05 Å². The normalized spacial score (nSPS) is 12.8. The van der Waals surface area contributed by atoms with Crippen LogP contribution in [0.4, 0.5) is 5.69 Å². The third-order valence-corrected chi connectivity index (χ3v) is 2.25. The number of benzene rings is 1. The quantitative estimate of drug-likeness (QED) is 0.791. The number of hydrogen-bond donors (Lipinski definition) is 1. The van der Waals surface area contributed by atoms with Crippen molar-refractivity contribution in [2.75, 3.05) is 7.05 Å². The number of aryl methyl sites for hydroxylation is 1. The van der Waals surface area contributed by atoms with Gasteiger partial charge in [0.1, 0.15) is 11.4 Å². The minimum Gasteiger partial charge on any atom is -0.506 e. The van der Waals surface area contributed by atoms with E-state index in [2.05, 4.69) is 16.9 Å². The topological polar surface area (TPSA) is 45.0 Å². The van der Waals surface area contributed by atoms with Gasteiger partial charge in [0.05, 0.1) is 11.9 Å². The van der Waals surface area contributed by atoms with Crippen LogP contribution in [-0.2, 0) is 0 Å². The minimum absolute atomic E-state index is 0.182. The smallest absolute Gasteiger partial charge is 0.141 e. The van der Waals surface area contributed by atoms with E-state index in [1.807, 2.05) is 31.2 Å². The first-order valence-electron chi connectivity index (χ1n) is 5.64. The first-order chi connectivity index (χ1) is 8.17. The van der Waals surface area contributed by atoms with E-state index in [0.717, 1.165) is 17.7 Å². The van der Waals surface area contributed by atoms with Crippen molar-refractivity contribution in [3.63, 3.8) is 0 Å². The molecule has 0 amide bonds. The SMILES string of the molecule is CC/C=C\C(C=Nc1cc(C)ccc1O)=NC. The lowest BCUT2D eigenvalue weighted by Crippen LogP contribution is -1.94. The molecule has 0 saturated carbocycles. The molecule has 1 N–H and O–H groups in total. The van der Waals surface area contributed by atoms with E-state index in [4.69, 9.17) is 0 Å². The Balaban J connectivity index is 2.89. The lowest BCUT2D eigenvalue weighted by Gasteiger charge is -1.99. The van der Waals surface area contributed by atoms with Crippen LogP contribution in [0.5, 0.6) is 5.75 Å². The van der Waals surface area contributed by atoms with Crippen molar-refractivity contribution < 1.29 is 5.11 Å². The van der Waals surface area contributed by atoms with Crippen molar-refractivity contribution in [3.05, 3.63) is 35.9 Å². The summed E-state index contributed by atoms with van der Waals surface area (Å²) in [6.07, 6.45) is 6.55. The number of nitrogens with zero attached hydrogens (tertiary/aromatic N) is 2. The number of phenolic OH excluding ortho intramolecular Hbond substituents is 1. The standard InChI is InChI=1S/C14H18N2O/c1-4-5-6-12(15-3)10-16-13-9-11(2)7-8-14(13)17/h5-10,17H,4H2,1-3H3/b6-5-,15-12?,16-10?. The lowest BCUT2D eigenvalue weighted by molar-refractivity contribution is 0.477. The van der Waals surface area contributed by atoms with Crippen LogP contribution in [0.2, 0.25) is 0 Å². The Morgan fingerprint density at radius 3 is 2.82 bits per heavy atom. The molecule has 0 heterocycles. The van der Waals surface area contributed by atoms with Gasteiger partial charge in [-0.05, 0) is 37.1 Å². The molecule has 0 bridgehead atoms. The van der Waals surface area contributed by atoms with Crippen LogP contribution in [0.1, 0.15) is 18.9 Å². The van der Waals surface area contributed by atoms with Crippen LogP contribution < -0.4 is 0 Å². The number of aromatic hydroxyl groups is 1. The molecule has 0 aliphatic rings. The van der Waals surface area contributed by atoms with Gasteiger partial charge in [0.2, 0.25) is 0 Å². The van der Waals surface area contributed by atoms with E-state index in [1.165, 1.54) is 0 Å². The summed E-state index contributed by atoms with van der Waals surface area (Å²) in [5.41, 5.74) is 2.41. The fourth-order valence-corrected chi connectivity index (χ4v) is 1.29. The summed E-state index contributed by atoms with van der Waals surface area (Å²) in [4.78, 5) is 8.33. The number of rotatable bonds is 4. The van der Waals surface area contributed by atoms with Gasteiger partial charge in [-0.15, -0.1) is 0 Å². The summed E-state index contributed by atoms with van der Waals surface area (Å²) in [6.45, 7) is 4.03. The van der Waals surface area contributed by atoms with Crippen molar-refractivity contribution in [1.29, 1.82) is 0 Å². The number of phenols is 1. The summed E-state index contributed by atoms with van der Waals surface area (Å²) in [7, 11) is 1.72. The highest BCUT2D eigenvalue weighted by molar-refractivity contribution is 6.36. The monoisotopic (exact) mass is 230 g/mol. The summed E-state index contributed by atoms with van der Waals surface area (Å²) in [5.74, 6) is 0.182. The summed E-state index contributed by atoms with van der Waals surface area (Å²) >= 11 is 0. The molecule has 0 aliphatic carbocycles. The third kappa shape index (κ3) is 4.23. The van der Waals surface area contributed by atoms with Crippen molar-refractivity contribution in [2.45, 2.75) is 20.3 Å². The van der Waals surface area contributed by atoms with E-state index < -0.39 is 0 Å². The zero-order valence-electron chi connectivity index (χ0n) is 10.5. The Bertz CT molecular complexity index is 459. The van der Waals surface area contributed by atoms with Crippen LogP contribution in [-0.4, -0.2) is 24.1 Å². The van der Waals surface area contributed by atoms with Crippen LogP contribution in [0.25, 0.3) is 0 Å². The predicted octanol–water partition coefficient (Wildman–Crippen LogP) is 3.44. The molecule has 0 unspecified atom stereocenters. The Hall–Kier alpha value is -1.90. The van der Waals surface area contributed by atoms with Gasteiger partial charge in [0.15, 0.2) is 0 Å². The van der Waals surface area contributed by atoms with E-state index in [0.29, 0.717) is 5.69 Å². The molecule has 0 saturated heterocycles. The Labute approximate surface area is 102 Å². The van der Waals surface area contributed by atoms with E-state index in [-0.39, 0.29) is 5.75 Å². The van der Waals surface area contributed by atoms with E-state index in [9.17, 15) is 5.11 Å². The lowest BCUT2D eigenvalue weighted by atomic mass is 10.2. The zero-order valence-corrected chi connectivity index (χ0v) is 10.5. The number of hydrogen-bond acceptors (Lipinski definition) is 3. The van der Waals surface area contributed by atoms with Crippen molar-refractivity contribution in [2.24, 2.45) is 9.98 Å². The van der Waals surface area contributed by atoms with Crippen LogP contribution in [0, 0.1) is 6.92 Å². The van der Waals surface area contributed by atoms with Gasteiger partial charge in [-0.2, -0.15) is 0 Å². The maximum absolute atomic E-state index is 9.62. The molecular weight excluding hydrogens is 212 g/mol. The fraction of sp³-hybridized carbons (Fsp3) is 0.286. The van der Waals surface area contributed by atoms with Gasteiger partial charge in [-0.1, -0.05) is 19.1 Å². The van der Waals surface area contributed by atoms with Crippen molar-refractivity contribution >= 4 is 17.6 Å². The molecule has 3 heteroatoms. The van der Waals surface area contributed by atoms with Crippen molar-refractivity contribution in [3.8, 4) is 5.75 Å². The Morgan fingerprint density at radius 1 is 1.41 bits per heavy atom. The maximum atomic E-state index is 9.62. The highest BCUT2D eigenvalue weighted by Crippen LogP contribution is 2.26. The molecule has 0 atom stereocenters. The van der Waals surface area contributed by atoms with Crippen LogP contribution in [0.15, 0.2) is 40.3 Å². The van der Waals surface area contributed by atoms with Gasteiger partial charge < -0.3 is 5.11 Å². The summed E-state index contributed by atoms with van der Waals surface area (Å²) in [6, 6.07) is 5.33. The molecule has 0 radical (unpaired) electrons. The third-order valence-electron chi connectivity index (χ3n) is 2.25. The molecule has 0 aliphatic heterocycles. The second-order valence-electron chi connectivity index (χ2n) is 3.71.